The minimum Gasteiger partial charge on any atom is -0.467 e. The van der Waals surface area contributed by atoms with Gasteiger partial charge in [0.15, 0.2) is 0 Å². The maximum atomic E-state index is 12.5. The lowest BCUT2D eigenvalue weighted by Crippen LogP contribution is -2.42. The molecular formula is C21H21ClN2O2S. The van der Waals surface area contributed by atoms with E-state index in [9.17, 15) is 4.79 Å². The molecule has 0 aliphatic carbocycles. The highest BCUT2D eigenvalue weighted by Crippen LogP contribution is 2.31. The van der Waals surface area contributed by atoms with Gasteiger partial charge in [0.2, 0.25) is 5.91 Å². The van der Waals surface area contributed by atoms with E-state index in [0.717, 1.165) is 46.9 Å². The summed E-state index contributed by atoms with van der Waals surface area (Å²) in [5.41, 5.74) is 3.18. The summed E-state index contributed by atoms with van der Waals surface area (Å²) in [6.45, 7) is 3.51. The first-order valence-corrected chi connectivity index (χ1v) is 10.3. The first-order chi connectivity index (χ1) is 13.1. The molecular weight excluding hydrogens is 380 g/mol. The van der Waals surface area contributed by atoms with Crippen molar-refractivity contribution in [1.82, 2.24) is 9.88 Å². The number of thiazole rings is 1. The number of carbonyl (C=O) groups excluding carboxylic acids is 1. The van der Waals surface area contributed by atoms with Gasteiger partial charge in [0, 0.05) is 31.0 Å². The number of hydrogen-bond acceptors (Lipinski definition) is 4. The van der Waals surface area contributed by atoms with Crippen LogP contribution in [0, 0.1) is 6.92 Å². The highest BCUT2D eigenvalue weighted by atomic mass is 35.5. The van der Waals surface area contributed by atoms with Crippen LogP contribution in [0.3, 0.4) is 0 Å². The Kier molecular flexibility index (Phi) is 5.32. The largest absolute Gasteiger partial charge is 0.467 e. The van der Waals surface area contributed by atoms with Crippen molar-refractivity contribution in [3.05, 3.63) is 58.6 Å². The Morgan fingerprint density at radius 3 is 2.67 bits per heavy atom. The maximum absolute atomic E-state index is 12.5. The molecule has 3 aromatic rings. The summed E-state index contributed by atoms with van der Waals surface area (Å²) in [7, 11) is 0. The van der Waals surface area contributed by atoms with E-state index in [-0.39, 0.29) is 12.0 Å². The number of fused-ring (bicyclic) bond motifs is 1. The average molecular weight is 401 g/mol. The zero-order valence-electron chi connectivity index (χ0n) is 15.2. The minimum atomic E-state index is 0.116. The van der Waals surface area contributed by atoms with Crippen LogP contribution in [0.25, 0.3) is 10.2 Å². The molecule has 1 amide bonds. The lowest BCUT2D eigenvalue weighted by Gasteiger charge is -2.31. The van der Waals surface area contributed by atoms with Crippen LogP contribution in [0.1, 0.15) is 24.0 Å². The van der Waals surface area contributed by atoms with Crippen molar-refractivity contribution >= 4 is 39.1 Å². The summed E-state index contributed by atoms with van der Waals surface area (Å²) in [5, 5.41) is 1.42. The number of nitrogens with zero attached hydrogens (tertiary/aromatic N) is 2. The fraction of sp³-hybridized carbons (Fsp3) is 0.333. The van der Waals surface area contributed by atoms with E-state index >= 15 is 0 Å². The van der Waals surface area contributed by atoms with E-state index in [1.807, 2.05) is 35.2 Å². The Labute approximate surface area is 167 Å². The number of likely N-dealkylation sites (tertiary alicyclic amines) is 1. The smallest absolute Gasteiger partial charge is 0.274 e. The third kappa shape index (κ3) is 4.25. The molecule has 1 saturated heterocycles. The molecule has 2 heterocycles. The van der Waals surface area contributed by atoms with E-state index < -0.39 is 0 Å². The molecule has 1 aliphatic heterocycles. The van der Waals surface area contributed by atoms with Gasteiger partial charge in [-0.15, -0.1) is 0 Å². The molecule has 2 aromatic carbocycles. The van der Waals surface area contributed by atoms with Crippen LogP contribution in [0.4, 0.5) is 0 Å². The normalized spacial score (nSPS) is 15.3. The van der Waals surface area contributed by atoms with Crippen LogP contribution in [-0.4, -0.2) is 35.0 Å². The van der Waals surface area contributed by atoms with Crippen molar-refractivity contribution in [3.8, 4) is 5.19 Å². The van der Waals surface area contributed by atoms with E-state index in [4.69, 9.17) is 16.3 Å². The molecule has 0 radical (unpaired) electrons. The lowest BCUT2D eigenvalue weighted by molar-refractivity contribution is -0.132. The van der Waals surface area contributed by atoms with E-state index in [1.165, 1.54) is 5.56 Å². The number of halogens is 1. The first-order valence-electron chi connectivity index (χ1n) is 9.13. The molecule has 0 unspecified atom stereocenters. The molecule has 1 aromatic heterocycles. The summed E-state index contributed by atoms with van der Waals surface area (Å²) in [5.74, 6) is 0.159. The summed E-state index contributed by atoms with van der Waals surface area (Å²) in [6, 6.07) is 13.6. The molecule has 0 N–H and O–H groups in total. The highest BCUT2D eigenvalue weighted by Gasteiger charge is 2.24. The van der Waals surface area contributed by atoms with Gasteiger partial charge in [0.05, 0.1) is 16.6 Å². The number of ether oxygens (including phenoxy) is 1. The zero-order valence-corrected chi connectivity index (χ0v) is 16.7. The predicted octanol–water partition coefficient (Wildman–Crippen LogP) is 4.87. The van der Waals surface area contributed by atoms with Crippen molar-refractivity contribution in [2.45, 2.75) is 32.3 Å². The Morgan fingerprint density at radius 1 is 1.22 bits per heavy atom. The Morgan fingerprint density at radius 2 is 1.96 bits per heavy atom. The monoisotopic (exact) mass is 400 g/mol. The summed E-state index contributed by atoms with van der Waals surface area (Å²) in [4.78, 5) is 19.1. The SMILES string of the molecule is Cc1cccc2sc(OC3CCN(C(=O)Cc4ccc(Cl)cc4)CC3)nc12. The van der Waals surface area contributed by atoms with Crippen LogP contribution in [0.15, 0.2) is 42.5 Å². The van der Waals surface area contributed by atoms with Crippen molar-refractivity contribution in [2.24, 2.45) is 0 Å². The van der Waals surface area contributed by atoms with E-state index in [0.29, 0.717) is 11.4 Å². The third-order valence-electron chi connectivity index (χ3n) is 4.93. The lowest BCUT2D eigenvalue weighted by atomic mass is 10.1. The maximum Gasteiger partial charge on any atom is 0.274 e. The quantitative estimate of drug-likeness (QED) is 0.627. The molecule has 27 heavy (non-hydrogen) atoms. The summed E-state index contributed by atoms with van der Waals surface area (Å²) in [6.07, 6.45) is 2.20. The third-order valence-corrected chi connectivity index (χ3v) is 6.10. The number of benzene rings is 2. The Hall–Kier alpha value is -2.11. The number of rotatable bonds is 4. The van der Waals surface area contributed by atoms with Gasteiger partial charge in [-0.25, -0.2) is 4.98 Å². The minimum absolute atomic E-state index is 0.116. The van der Waals surface area contributed by atoms with Crippen LogP contribution < -0.4 is 4.74 Å². The molecule has 1 aliphatic rings. The topological polar surface area (TPSA) is 42.4 Å². The van der Waals surface area contributed by atoms with E-state index in [1.54, 1.807) is 11.3 Å². The molecule has 0 saturated carbocycles. The molecule has 0 spiro atoms. The van der Waals surface area contributed by atoms with Gasteiger partial charge in [0.1, 0.15) is 6.10 Å². The van der Waals surface area contributed by atoms with Crippen molar-refractivity contribution in [1.29, 1.82) is 0 Å². The van der Waals surface area contributed by atoms with Gasteiger partial charge in [-0.1, -0.05) is 47.2 Å². The zero-order chi connectivity index (χ0) is 18.8. The first kappa shape index (κ1) is 18.3. The second kappa shape index (κ2) is 7.87. The number of hydrogen-bond donors (Lipinski definition) is 0. The number of aryl methyl sites for hydroxylation is 1. The number of carbonyl (C=O) groups is 1. The van der Waals surface area contributed by atoms with Gasteiger partial charge in [0.25, 0.3) is 5.19 Å². The number of aromatic nitrogens is 1. The van der Waals surface area contributed by atoms with Gasteiger partial charge >= 0.3 is 0 Å². The average Bonchev–Trinajstić information content (AvgIpc) is 3.08. The Bertz CT molecular complexity index is 946. The van der Waals surface area contributed by atoms with Crippen LogP contribution in [-0.2, 0) is 11.2 Å². The van der Waals surface area contributed by atoms with Crippen molar-refractivity contribution in [3.63, 3.8) is 0 Å². The summed E-state index contributed by atoms with van der Waals surface area (Å²) < 4.78 is 7.26. The molecule has 0 atom stereocenters. The second-order valence-corrected chi connectivity index (χ2v) is 8.33. The molecule has 140 valence electrons. The van der Waals surface area contributed by atoms with Crippen LogP contribution >= 0.6 is 22.9 Å². The van der Waals surface area contributed by atoms with Crippen LogP contribution in [0.2, 0.25) is 5.02 Å². The van der Waals surface area contributed by atoms with Crippen molar-refractivity contribution in [2.75, 3.05) is 13.1 Å². The molecule has 4 rings (SSSR count). The van der Waals surface area contributed by atoms with Gasteiger partial charge < -0.3 is 9.64 Å². The standard InChI is InChI=1S/C21H21ClN2O2S/c1-14-3-2-4-18-20(14)23-21(27-18)26-17-9-11-24(12-10-17)19(25)13-15-5-7-16(22)8-6-15/h2-8,17H,9-13H2,1H3. The number of piperidine rings is 1. The predicted molar refractivity (Wildman–Crippen MR) is 110 cm³/mol. The second-order valence-electron chi connectivity index (χ2n) is 6.90. The number of para-hydroxylation sites is 1. The summed E-state index contributed by atoms with van der Waals surface area (Å²) >= 11 is 7.49. The highest BCUT2D eigenvalue weighted by molar-refractivity contribution is 7.20. The van der Waals surface area contributed by atoms with E-state index in [2.05, 4.69) is 24.0 Å². The van der Waals surface area contributed by atoms with Gasteiger partial charge in [-0.05, 0) is 36.2 Å². The van der Waals surface area contributed by atoms with Crippen LogP contribution in [0.5, 0.6) is 5.19 Å². The van der Waals surface area contributed by atoms with Crippen molar-refractivity contribution < 1.29 is 9.53 Å². The van der Waals surface area contributed by atoms with Gasteiger partial charge in [-0.2, -0.15) is 0 Å². The number of amides is 1. The molecule has 4 nitrogen and oxygen atoms in total. The van der Waals surface area contributed by atoms with Gasteiger partial charge in [-0.3, -0.25) is 4.79 Å². The Balaban J connectivity index is 1.32. The molecule has 1 fully saturated rings. The molecule has 6 heteroatoms. The molecule has 0 bridgehead atoms. The fourth-order valence-corrected chi connectivity index (χ4v) is 4.46. The fourth-order valence-electron chi connectivity index (χ4n) is 3.37.